The quantitative estimate of drug-likeness (QED) is 0.312. The summed E-state index contributed by atoms with van der Waals surface area (Å²) >= 11 is 0. The van der Waals surface area contributed by atoms with Gasteiger partial charge in [-0.2, -0.15) is 5.26 Å². The van der Waals surface area contributed by atoms with E-state index in [1.54, 1.807) is 24.8 Å². The molecular weight excluding hydrogens is 452 g/mol. The molecule has 0 aromatic carbocycles. The highest BCUT2D eigenvalue weighted by molar-refractivity contribution is 5.99. The minimum Gasteiger partial charge on any atom is -0.383 e. The van der Waals surface area contributed by atoms with Crippen molar-refractivity contribution < 1.29 is 4.79 Å². The van der Waals surface area contributed by atoms with Gasteiger partial charge in [0.1, 0.15) is 23.5 Å². The van der Waals surface area contributed by atoms with Crippen molar-refractivity contribution >= 4 is 34.5 Å². The molecule has 1 aliphatic carbocycles. The Hall–Kier alpha value is -4.58. The number of rotatable bonds is 6. The van der Waals surface area contributed by atoms with E-state index >= 15 is 0 Å². The fraction of sp³-hybridized carbons (Fsp3) is 0.259. The van der Waals surface area contributed by atoms with Gasteiger partial charge in [-0.1, -0.05) is 6.58 Å². The molecule has 9 nitrogen and oxygen atoms in total. The Kier molecular flexibility index (Phi) is 5.72. The number of pyridine rings is 3. The lowest BCUT2D eigenvalue weighted by molar-refractivity contribution is -0.119. The number of carbonyl (C=O) groups excluding carboxylic acids is 1. The molecule has 3 aromatic heterocycles. The standard InChI is InChI=1S/C27H26N8O/c1-4-17(11-28)25(31-5-2)35-14-27(15-35)10-21(27)26(36)34-23-9-18-8-22(19-12-30-7-6-16(19)3)33-24(29)20(18)13-32-23/h4-9,12-13,21H,1,10,14-15H2,2-3H3,(H2,29,33)(H,32,34,36)/b25-17-,31-5?. The highest BCUT2D eigenvalue weighted by atomic mass is 16.2. The summed E-state index contributed by atoms with van der Waals surface area (Å²) in [7, 11) is 0. The first-order valence-corrected chi connectivity index (χ1v) is 11.7. The lowest BCUT2D eigenvalue weighted by Crippen LogP contribution is -2.49. The number of allylic oxidation sites excluding steroid dienone is 2. The average Bonchev–Trinajstić information content (AvgIpc) is 3.60. The van der Waals surface area contributed by atoms with Gasteiger partial charge in [-0.25, -0.2) is 15.0 Å². The summed E-state index contributed by atoms with van der Waals surface area (Å²) in [5.41, 5.74) is 9.23. The molecule has 3 N–H and O–H groups in total. The Morgan fingerprint density at radius 1 is 1.39 bits per heavy atom. The molecular formula is C27H26N8O. The molecule has 1 amide bonds. The van der Waals surface area contributed by atoms with E-state index in [2.05, 4.69) is 37.9 Å². The van der Waals surface area contributed by atoms with Crippen molar-refractivity contribution in [2.24, 2.45) is 16.3 Å². The highest BCUT2D eigenvalue weighted by Gasteiger charge is 2.65. The molecule has 3 aromatic rings. The maximum Gasteiger partial charge on any atom is 0.229 e. The number of nitrogens with two attached hydrogens (primary N) is 1. The van der Waals surface area contributed by atoms with Crippen molar-refractivity contribution in [3.8, 4) is 17.3 Å². The molecule has 4 heterocycles. The summed E-state index contributed by atoms with van der Waals surface area (Å²) in [6, 6.07) is 7.82. The van der Waals surface area contributed by atoms with Crippen LogP contribution in [0.3, 0.4) is 0 Å². The van der Waals surface area contributed by atoms with Crippen LogP contribution in [-0.2, 0) is 4.79 Å². The molecule has 9 heteroatoms. The number of nitrogen functional groups attached to an aromatic ring is 1. The molecule has 1 spiro atoms. The number of nitrogens with one attached hydrogen (secondary N) is 1. The van der Waals surface area contributed by atoms with Crippen molar-refractivity contribution in [1.82, 2.24) is 19.9 Å². The number of carbonyl (C=O) groups is 1. The van der Waals surface area contributed by atoms with E-state index in [4.69, 9.17) is 5.73 Å². The van der Waals surface area contributed by atoms with E-state index in [1.807, 2.05) is 36.9 Å². The molecule has 180 valence electrons. The van der Waals surface area contributed by atoms with E-state index in [0.29, 0.717) is 36.1 Å². The molecule has 1 saturated heterocycles. The zero-order valence-corrected chi connectivity index (χ0v) is 20.2. The van der Waals surface area contributed by atoms with Gasteiger partial charge in [-0.3, -0.25) is 9.78 Å². The second kappa shape index (κ2) is 8.89. The third-order valence-corrected chi connectivity index (χ3v) is 6.95. The van der Waals surface area contributed by atoms with Gasteiger partial charge in [0.2, 0.25) is 5.91 Å². The van der Waals surface area contributed by atoms with Crippen LogP contribution in [0.5, 0.6) is 0 Å². The number of anilines is 2. The number of nitriles is 1. The van der Waals surface area contributed by atoms with Gasteiger partial charge < -0.3 is 16.0 Å². The van der Waals surface area contributed by atoms with Crippen LogP contribution in [0.2, 0.25) is 0 Å². The summed E-state index contributed by atoms with van der Waals surface area (Å²) in [5, 5.41) is 13.9. The fourth-order valence-electron chi connectivity index (χ4n) is 4.89. The molecule has 5 rings (SSSR count). The van der Waals surface area contributed by atoms with Crippen LogP contribution < -0.4 is 11.1 Å². The molecule has 36 heavy (non-hydrogen) atoms. The highest BCUT2D eigenvalue weighted by Crippen LogP contribution is 2.60. The van der Waals surface area contributed by atoms with Crippen LogP contribution in [0, 0.1) is 29.6 Å². The zero-order valence-electron chi connectivity index (χ0n) is 20.2. The Morgan fingerprint density at radius 3 is 2.89 bits per heavy atom. The minimum atomic E-state index is -0.108. The first kappa shape index (κ1) is 23.2. The molecule has 1 saturated carbocycles. The Balaban J connectivity index is 1.32. The number of likely N-dealkylation sites (tertiary alicyclic amines) is 1. The molecule has 2 fully saturated rings. The van der Waals surface area contributed by atoms with E-state index in [-0.39, 0.29) is 17.2 Å². The van der Waals surface area contributed by atoms with Crippen LogP contribution in [0.15, 0.2) is 65.8 Å². The van der Waals surface area contributed by atoms with Crippen LogP contribution in [0.25, 0.3) is 22.0 Å². The third kappa shape index (κ3) is 3.96. The number of nitrogens with zero attached hydrogens (tertiary/aromatic N) is 6. The summed E-state index contributed by atoms with van der Waals surface area (Å²) in [6.07, 6.45) is 9.11. The number of aromatic nitrogens is 3. The number of aryl methyl sites for hydroxylation is 1. The lowest BCUT2D eigenvalue weighted by atomic mass is 9.92. The van der Waals surface area contributed by atoms with E-state index in [9.17, 15) is 10.1 Å². The zero-order chi connectivity index (χ0) is 25.4. The average molecular weight is 479 g/mol. The summed E-state index contributed by atoms with van der Waals surface area (Å²) in [6.45, 7) is 8.87. The largest absolute Gasteiger partial charge is 0.383 e. The minimum absolute atomic E-state index is 0.0550. The Labute approximate surface area is 209 Å². The van der Waals surface area contributed by atoms with Crippen LogP contribution >= 0.6 is 0 Å². The maximum atomic E-state index is 13.0. The fourth-order valence-corrected chi connectivity index (χ4v) is 4.89. The second-order valence-corrected chi connectivity index (χ2v) is 9.28. The van der Waals surface area contributed by atoms with E-state index in [1.165, 1.54) is 6.08 Å². The summed E-state index contributed by atoms with van der Waals surface area (Å²) in [4.78, 5) is 32.5. The number of aliphatic imine (C=N–C) groups is 1. The maximum absolute atomic E-state index is 13.0. The second-order valence-electron chi connectivity index (χ2n) is 9.28. The van der Waals surface area contributed by atoms with Crippen LogP contribution in [0.1, 0.15) is 18.9 Å². The predicted octanol–water partition coefficient (Wildman–Crippen LogP) is 3.85. The van der Waals surface area contributed by atoms with Gasteiger partial charge in [0.25, 0.3) is 0 Å². The number of fused-ring (bicyclic) bond motifs is 1. The van der Waals surface area contributed by atoms with Crippen molar-refractivity contribution in [3.05, 3.63) is 66.4 Å². The molecule has 1 unspecified atom stereocenters. The van der Waals surface area contributed by atoms with Gasteiger partial charge in [0, 0.05) is 60.2 Å². The van der Waals surface area contributed by atoms with Crippen LogP contribution in [-0.4, -0.2) is 45.1 Å². The molecule has 0 bridgehead atoms. The first-order valence-electron chi connectivity index (χ1n) is 11.7. The monoisotopic (exact) mass is 478 g/mol. The van der Waals surface area contributed by atoms with Gasteiger partial charge in [0.05, 0.1) is 11.3 Å². The van der Waals surface area contributed by atoms with Gasteiger partial charge in [-0.15, -0.1) is 0 Å². The van der Waals surface area contributed by atoms with Gasteiger partial charge in [0.15, 0.2) is 0 Å². The van der Waals surface area contributed by atoms with Crippen molar-refractivity contribution in [2.75, 3.05) is 24.1 Å². The molecule has 1 atom stereocenters. The molecule has 1 aliphatic heterocycles. The van der Waals surface area contributed by atoms with Crippen molar-refractivity contribution in [1.29, 1.82) is 5.26 Å². The summed E-state index contributed by atoms with van der Waals surface area (Å²) in [5.74, 6) is 1.29. The lowest BCUT2D eigenvalue weighted by Gasteiger charge is -2.42. The topological polar surface area (TPSA) is 133 Å². The normalized spacial score (nSPS) is 18.5. The van der Waals surface area contributed by atoms with E-state index in [0.717, 1.165) is 34.0 Å². The molecule has 0 radical (unpaired) electrons. The van der Waals surface area contributed by atoms with Crippen molar-refractivity contribution in [2.45, 2.75) is 20.3 Å². The summed E-state index contributed by atoms with van der Waals surface area (Å²) < 4.78 is 0. The first-order chi connectivity index (χ1) is 17.4. The van der Waals surface area contributed by atoms with Crippen LogP contribution in [0.4, 0.5) is 11.6 Å². The number of hydrogen-bond acceptors (Lipinski definition) is 8. The van der Waals surface area contributed by atoms with Gasteiger partial charge in [-0.05, 0) is 55.5 Å². The SMILES string of the molecule is C=C/C(C#N)=C(\N=CC)N1CC2(CC2C(=O)Nc2cc3cc(-c4cnccc4C)nc(N)c3cn2)C1. The number of hydrogen-bond donors (Lipinski definition) is 2. The third-order valence-electron chi connectivity index (χ3n) is 6.95. The Morgan fingerprint density at radius 2 is 2.19 bits per heavy atom. The Bertz CT molecular complexity index is 1490. The van der Waals surface area contributed by atoms with Crippen molar-refractivity contribution in [3.63, 3.8) is 0 Å². The predicted molar refractivity (Wildman–Crippen MR) is 140 cm³/mol. The molecule has 2 aliphatic rings. The number of amides is 1. The van der Waals surface area contributed by atoms with E-state index < -0.39 is 0 Å². The van der Waals surface area contributed by atoms with Gasteiger partial charge >= 0.3 is 0 Å². The smallest absolute Gasteiger partial charge is 0.229 e.